The van der Waals surface area contributed by atoms with Gasteiger partial charge in [-0.15, -0.1) is 0 Å². The van der Waals surface area contributed by atoms with E-state index in [0.717, 1.165) is 0 Å². The van der Waals surface area contributed by atoms with Gasteiger partial charge in [-0.25, -0.2) is 4.57 Å². The van der Waals surface area contributed by atoms with Crippen molar-refractivity contribution in [1.82, 2.24) is 0 Å². The quantitative estimate of drug-likeness (QED) is 0.636. The Balaban J connectivity index is 0.00000144. The fourth-order valence-electron chi connectivity index (χ4n) is 1.19. The molecule has 0 radical (unpaired) electrons. The standard InChI is InChI=1S/C12H11O3P.2Ca.4H/c13-16(14-11-7-3-1-4-8-11)15-12-9-5-2-6-10-12;;;;;;/h1-10,16H;;;;;;. The first-order chi connectivity index (χ1) is 7.84. The van der Waals surface area contributed by atoms with E-state index >= 15 is 0 Å². The van der Waals surface area contributed by atoms with Gasteiger partial charge in [-0.2, -0.15) is 0 Å². The van der Waals surface area contributed by atoms with Crippen LogP contribution >= 0.6 is 8.25 Å². The van der Waals surface area contributed by atoms with Gasteiger partial charge in [0.1, 0.15) is 11.5 Å². The van der Waals surface area contributed by atoms with Gasteiger partial charge in [0.05, 0.1) is 0 Å². The summed E-state index contributed by atoms with van der Waals surface area (Å²) in [6.45, 7) is 0. The number of hydrogen-bond donors (Lipinski definition) is 0. The van der Waals surface area contributed by atoms with Crippen LogP contribution in [-0.4, -0.2) is 75.5 Å². The minimum absolute atomic E-state index is 0. The average molecular weight is 318 g/mol. The molecule has 0 aromatic heterocycles. The molecular weight excluding hydrogens is 303 g/mol. The van der Waals surface area contributed by atoms with Crippen molar-refractivity contribution < 1.29 is 13.6 Å². The molecular formula is C12H15Ca2O3P. The molecule has 0 aliphatic rings. The van der Waals surface area contributed by atoms with E-state index in [-0.39, 0.29) is 75.5 Å². The third kappa shape index (κ3) is 6.81. The van der Waals surface area contributed by atoms with Crippen molar-refractivity contribution in [2.24, 2.45) is 0 Å². The van der Waals surface area contributed by atoms with Gasteiger partial charge in [-0.3, -0.25) is 0 Å². The van der Waals surface area contributed by atoms with Crippen molar-refractivity contribution in [3.8, 4) is 11.5 Å². The summed E-state index contributed by atoms with van der Waals surface area (Å²) in [5.41, 5.74) is 0. The van der Waals surface area contributed by atoms with E-state index in [1.54, 1.807) is 24.3 Å². The van der Waals surface area contributed by atoms with Crippen molar-refractivity contribution in [2.75, 3.05) is 0 Å². The van der Waals surface area contributed by atoms with Crippen LogP contribution in [0.15, 0.2) is 60.7 Å². The van der Waals surface area contributed by atoms with Crippen LogP contribution in [0.4, 0.5) is 0 Å². The molecule has 18 heavy (non-hydrogen) atoms. The van der Waals surface area contributed by atoms with E-state index in [1.165, 1.54) is 0 Å². The Morgan fingerprint density at radius 3 is 1.33 bits per heavy atom. The van der Waals surface area contributed by atoms with Crippen molar-refractivity contribution in [3.63, 3.8) is 0 Å². The van der Waals surface area contributed by atoms with E-state index in [9.17, 15) is 4.57 Å². The van der Waals surface area contributed by atoms with Gasteiger partial charge in [0.2, 0.25) is 0 Å². The third-order valence-electron chi connectivity index (χ3n) is 1.89. The molecule has 0 heterocycles. The summed E-state index contributed by atoms with van der Waals surface area (Å²) < 4.78 is 21.8. The van der Waals surface area contributed by atoms with Crippen LogP contribution in [0.25, 0.3) is 0 Å². The molecule has 0 saturated heterocycles. The predicted octanol–water partition coefficient (Wildman–Crippen LogP) is 1.70. The Bertz CT molecular complexity index is 422. The molecule has 2 aromatic rings. The molecule has 3 nitrogen and oxygen atoms in total. The fraction of sp³-hybridized carbons (Fsp3) is 0. The van der Waals surface area contributed by atoms with E-state index in [4.69, 9.17) is 9.05 Å². The van der Waals surface area contributed by atoms with Crippen LogP contribution in [0.5, 0.6) is 11.5 Å². The van der Waals surface area contributed by atoms with Gasteiger partial charge in [0.15, 0.2) is 0 Å². The Labute approximate surface area is 167 Å². The van der Waals surface area contributed by atoms with Crippen LogP contribution in [0.2, 0.25) is 0 Å². The zero-order chi connectivity index (χ0) is 11.2. The first kappa shape index (κ1) is 18.8. The third-order valence-corrected chi connectivity index (χ3v) is 2.69. The molecule has 0 atom stereocenters. The molecule has 0 N–H and O–H groups in total. The zero-order valence-corrected chi connectivity index (χ0v) is 9.50. The molecule has 2 aromatic carbocycles. The molecule has 0 amide bonds. The predicted molar refractivity (Wildman–Crippen MR) is 80.2 cm³/mol. The molecule has 0 fully saturated rings. The second-order valence-electron chi connectivity index (χ2n) is 3.08. The molecule has 0 unspecified atom stereocenters. The van der Waals surface area contributed by atoms with Gasteiger partial charge in [-0.1, -0.05) is 36.4 Å². The molecule has 0 bridgehead atoms. The first-order valence-electron chi connectivity index (χ1n) is 4.84. The van der Waals surface area contributed by atoms with E-state index in [1.807, 2.05) is 36.4 Å². The van der Waals surface area contributed by atoms with Crippen molar-refractivity contribution in [1.29, 1.82) is 0 Å². The summed E-state index contributed by atoms with van der Waals surface area (Å²) in [5, 5.41) is 0. The number of para-hydroxylation sites is 2. The Morgan fingerprint density at radius 1 is 0.667 bits per heavy atom. The number of rotatable bonds is 4. The number of benzene rings is 2. The summed E-state index contributed by atoms with van der Waals surface area (Å²) in [4.78, 5) is 0. The second kappa shape index (κ2) is 10.6. The fourth-order valence-corrected chi connectivity index (χ4v) is 1.89. The summed E-state index contributed by atoms with van der Waals surface area (Å²) in [7, 11) is -2.54. The first-order valence-corrected chi connectivity index (χ1v) is 6.07. The monoisotopic (exact) mass is 318 g/mol. The van der Waals surface area contributed by atoms with Crippen molar-refractivity contribution >= 4 is 83.7 Å². The molecule has 90 valence electrons. The second-order valence-corrected chi connectivity index (χ2v) is 3.99. The number of hydrogen-bond acceptors (Lipinski definition) is 3. The van der Waals surface area contributed by atoms with Crippen LogP contribution in [-0.2, 0) is 4.57 Å². The summed E-state index contributed by atoms with van der Waals surface area (Å²) >= 11 is 0. The van der Waals surface area contributed by atoms with Gasteiger partial charge >= 0.3 is 83.7 Å². The van der Waals surface area contributed by atoms with Crippen LogP contribution < -0.4 is 9.05 Å². The topological polar surface area (TPSA) is 35.5 Å². The van der Waals surface area contributed by atoms with Crippen molar-refractivity contribution in [3.05, 3.63) is 60.7 Å². The average Bonchev–Trinajstić information content (AvgIpc) is 2.31. The molecule has 0 spiro atoms. The summed E-state index contributed by atoms with van der Waals surface area (Å²) in [6, 6.07) is 17.9. The molecule has 2 rings (SSSR count). The normalized spacial score (nSPS) is 8.94. The van der Waals surface area contributed by atoms with E-state index in [0.29, 0.717) is 11.5 Å². The van der Waals surface area contributed by atoms with Crippen LogP contribution in [0, 0.1) is 0 Å². The van der Waals surface area contributed by atoms with E-state index < -0.39 is 8.25 Å². The minimum atomic E-state index is -2.54. The van der Waals surface area contributed by atoms with Gasteiger partial charge in [0, 0.05) is 0 Å². The van der Waals surface area contributed by atoms with Crippen LogP contribution in [0.1, 0.15) is 0 Å². The van der Waals surface area contributed by atoms with E-state index in [2.05, 4.69) is 0 Å². The van der Waals surface area contributed by atoms with Gasteiger partial charge in [-0.05, 0) is 24.3 Å². The Kier molecular flexibility index (Phi) is 11.0. The molecule has 0 aliphatic heterocycles. The maximum atomic E-state index is 11.5. The summed E-state index contributed by atoms with van der Waals surface area (Å²) in [5.74, 6) is 1.09. The molecule has 6 heteroatoms. The Morgan fingerprint density at radius 2 is 1.00 bits per heavy atom. The molecule has 0 aliphatic carbocycles. The SMILES string of the molecule is O=[PH](Oc1ccccc1)Oc1ccccc1.[CaH2].[CaH2]. The molecule has 0 saturated carbocycles. The summed E-state index contributed by atoms with van der Waals surface area (Å²) in [6.07, 6.45) is 0. The zero-order valence-electron chi connectivity index (χ0n) is 8.50. The Hall–Kier alpha value is 0.789. The van der Waals surface area contributed by atoms with Crippen molar-refractivity contribution in [2.45, 2.75) is 0 Å². The van der Waals surface area contributed by atoms with Gasteiger partial charge in [0.25, 0.3) is 0 Å². The van der Waals surface area contributed by atoms with Gasteiger partial charge < -0.3 is 9.05 Å². The van der Waals surface area contributed by atoms with Crippen LogP contribution in [0.3, 0.4) is 0 Å². The maximum absolute atomic E-state index is 11.5.